The highest BCUT2D eigenvalue weighted by Crippen LogP contribution is 2.15. The molecule has 0 aliphatic heterocycles. The highest BCUT2D eigenvalue weighted by molar-refractivity contribution is 5.43. The molecule has 23 heavy (non-hydrogen) atoms. The topological polar surface area (TPSA) is 70.5 Å². The van der Waals surface area contributed by atoms with Gasteiger partial charge in [-0.15, -0.1) is 5.10 Å². The molecule has 0 amide bonds. The Hall–Kier alpha value is -2.83. The van der Waals surface area contributed by atoms with Crippen molar-refractivity contribution in [3.05, 3.63) is 57.5 Å². The minimum atomic E-state index is -0.347. The van der Waals surface area contributed by atoms with Crippen LogP contribution in [-0.4, -0.2) is 25.9 Å². The molecule has 0 fully saturated rings. The second-order valence-corrected chi connectivity index (χ2v) is 5.73. The van der Waals surface area contributed by atoms with Crippen molar-refractivity contribution in [2.75, 3.05) is 7.11 Å². The molecule has 0 bridgehead atoms. The smallest absolute Gasteiger partial charge is 0.350 e. The van der Waals surface area contributed by atoms with Crippen LogP contribution in [0.15, 0.2) is 46.2 Å². The summed E-state index contributed by atoms with van der Waals surface area (Å²) < 4.78 is 9.24. The lowest BCUT2D eigenvalue weighted by Gasteiger charge is -2.07. The third kappa shape index (κ3) is 2.65. The van der Waals surface area contributed by atoms with Crippen LogP contribution in [0.2, 0.25) is 0 Å². The molecule has 2 heterocycles. The quantitative estimate of drug-likeness (QED) is 0.728. The maximum Gasteiger partial charge on any atom is 0.350 e. The number of rotatable bonds is 4. The van der Waals surface area contributed by atoms with Crippen LogP contribution in [0.25, 0.3) is 11.3 Å². The van der Waals surface area contributed by atoms with Gasteiger partial charge >= 0.3 is 11.2 Å². The fourth-order valence-electron chi connectivity index (χ4n) is 2.44. The van der Waals surface area contributed by atoms with E-state index in [9.17, 15) is 9.59 Å². The van der Waals surface area contributed by atoms with Crippen LogP contribution in [-0.2, 0) is 6.54 Å². The summed E-state index contributed by atoms with van der Waals surface area (Å²) in [7, 11) is 1.57. The fraction of sp³-hybridized carbons (Fsp3) is 0.312. The Morgan fingerprint density at radius 1 is 1.22 bits per heavy atom. The third-order valence-corrected chi connectivity index (χ3v) is 3.51. The van der Waals surface area contributed by atoms with E-state index < -0.39 is 0 Å². The summed E-state index contributed by atoms with van der Waals surface area (Å²) in [6.45, 7) is 4.45. The molecule has 0 atom stereocenters. The summed E-state index contributed by atoms with van der Waals surface area (Å²) in [5.74, 6) is 0.912. The standard InChI is InChI=1S/C16H18N4O3/c1-11(2)10-20-16(22)19-8-7-18(15(21)14(19)17-20)12-5-4-6-13(9-12)23-3/h4-9,11H,10H2,1-3H3. The first-order chi connectivity index (χ1) is 11.0. The SMILES string of the molecule is COc1cccc(-n2ccn3c(=O)n(CC(C)C)nc3c2=O)c1. The van der Waals surface area contributed by atoms with E-state index in [0.717, 1.165) is 0 Å². The van der Waals surface area contributed by atoms with Gasteiger partial charge in [-0.25, -0.2) is 13.9 Å². The molecule has 0 N–H and O–H groups in total. The number of benzene rings is 1. The van der Waals surface area contributed by atoms with E-state index in [1.165, 1.54) is 13.6 Å². The Morgan fingerprint density at radius 3 is 2.70 bits per heavy atom. The lowest BCUT2D eigenvalue weighted by molar-refractivity contribution is 0.414. The molecule has 0 spiro atoms. The van der Waals surface area contributed by atoms with E-state index in [0.29, 0.717) is 18.0 Å². The van der Waals surface area contributed by atoms with Gasteiger partial charge in [0, 0.05) is 25.0 Å². The largest absolute Gasteiger partial charge is 0.497 e. The van der Waals surface area contributed by atoms with Crippen LogP contribution in [0.5, 0.6) is 5.75 Å². The number of hydrogen-bond donors (Lipinski definition) is 0. The van der Waals surface area contributed by atoms with Crippen LogP contribution >= 0.6 is 0 Å². The molecule has 0 saturated carbocycles. The number of aromatic nitrogens is 4. The number of methoxy groups -OCH3 is 1. The van der Waals surface area contributed by atoms with Gasteiger partial charge in [-0.2, -0.15) is 0 Å². The molecule has 1 aromatic carbocycles. The number of nitrogens with zero attached hydrogens (tertiary/aromatic N) is 4. The number of hydrogen-bond acceptors (Lipinski definition) is 4. The molecular formula is C16H18N4O3. The van der Waals surface area contributed by atoms with Crippen molar-refractivity contribution in [2.45, 2.75) is 20.4 Å². The van der Waals surface area contributed by atoms with E-state index in [1.807, 2.05) is 13.8 Å². The minimum Gasteiger partial charge on any atom is -0.497 e. The molecule has 120 valence electrons. The summed E-state index contributed by atoms with van der Waals surface area (Å²) in [4.78, 5) is 24.9. The Kier molecular flexibility index (Phi) is 3.77. The van der Waals surface area contributed by atoms with Crippen LogP contribution in [0.1, 0.15) is 13.8 Å². The lowest BCUT2D eigenvalue weighted by Crippen LogP contribution is -2.25. The first-order valence-corrected chi connectivity index (χ1v) is 7.36. The summed E-state index contributed by atoms with van der Waals surface area (Å²) in [6, 6.07) is 7.15. The van der Waals surface area contributed by atoms with Crippen molar-refractivity contribution in [2.24, 2.45) is 5.92 Å². The summed E-state index contributed by atoms with van der Waals surface area (Å²) in [6.07, 6.45) is 3.12. The van der Waals surface area contributed by atoms with Crippen LogP contribution < -0.4 is 16.0 Å². The zero-order valence-corrected chi connectivity index (χ0v) is 13.3. The first kappa shape index (κ1) is 15.1. The van der Waals surface area contributed by atoms with Crippen molar-refractivity contribution < 1.29 is 4.74 Å². The van der Waals surface area contributed by atoms with E-state index in [1.54, 1.807) is 43.8 Å². The first-order valence-electron chi connectivity index (χ1n) is 7.36. The average molecular weight is 314 g/mol. The fourth-order valence-corrected chi connectivity index (χ4v) is 2.44. The van der Waals surface area contributed by atoms with Crippen molar-refractivity contribution >= 4 is 5.65 Å². The molecule has 0 radical (unpaired) electrons. The Labute approximate surface area is 132 Å². The maximum atomic E-state index is 12.7. The Balaban J connectivity index is 2.19. The van der Waals surface area contributed by atoms with Gasteiger partial charge in [-0.05, 0) is 18.1 Å². The van der Waals surface area contributed by atoms with Crippen LogP contribution in [0.4, 0.5) is 0 Å². The van der Waals surface area contributed by atoms with Gasteiger partial charge in [-0.3, -0.25) is 9.36 Å². The van der Waals surface area contributed by atoms with Gasteiger partial charge in [0.15, 0.2) is 0 Å². The van der Waals surface area contributed by atoms with Gasteiger partial charge in [-0.1, -0.05) is 19.9 Å². The minimum absolute atomic E-state index is 0.112. The molecule has 2 aromatic heterocycles. The van der Waals surface area contributed by atoms with Crippen LogP contribution in [0.3, 0.4) is 0 Å². The number of ether oxygens (including phenoxy) is 1. The predicted octanol–water partition coefficient (Wildman–Crippen LogP) is 1.31. The highest BCUT2D eigenvalue weighted by atomic mass is 16.5. The second-order valence-electron chi connectivity index (χ2n) is 5.73. The zero-order valence-electron chi connectivity index (χ0n) is 13.3. The van der Waals surface area contributed by atoms with Gasteiger partial charge in [0.25, 0.3) is 0 Å². The Morgan fingerprint density at radius 2 is 2.00 bits per heavy atom. The van der Waals surface area contributed by atoms with E-state index in [4.69, 9.17) is 4.74 Å². The lowest BCUT2D eigenvalue weighted by atomic mass is 10.2. The molecule has 3 aromatic rings. The number of fused-ring (bicyclic) bond motifs is 1. The third-order valence-electron chi connectivity index (χ3n) is 3.51. The van der Waals surface area contributed by atoms with E-state index in [-0.39, 0.29) is 22.8 Å². The molecule has 7 nitrogen and oxygen atoms in total. The summed E-state index contributed by atoms with van der Waals surface area (Å²) >= 11 is 0. The summed E-state index contributed by atoms with van der Waals surface area (Å²) in [5.41, 5.74) is 0.118. The monoisotopic (exact) mass is 314 g/mol. The van der Waals surface area contributed by atoms with Crippen molar-refractivity contribution in [1.82, 2.24) is 18.7 Å². The van der Waals surface area contributed by atoms with E-state index in [2.05, 4.69) is 5.10 Å². The van der Waals surface area contributed by atoms with Crippen molar-refractivity contribution in [1.29, 1.82) is 0 Å². The Bertz CT molecular complexity index is 965. The molecule has 0 unspecified atom stereocenters. The van der Waals surface area contributed by atoms with Crippen molar-refractivity contribution in [3.63, 3.8) is 0 Å². The van der Waals surface area contributed by atoms with Gasteiger partial charge < -0.3 is 4.74 Å². The second kappa shape index (κ2) is 5.75. The molecule has 0 aliphatic carbocycles. The van der Waals surface area contributed by atoms with Crippen LogP contribution in [0, 0.1) is 5.92 Å². The predicted molar refractivity (Wildman–Crippen MR) is 86.4 cm³/mol. The average Bonchev–Trinajstić information content (AvgIpc) is 2.85. The molecule has 0 saturated heterocycles. The summed E-state index contributed by atoms with van der Waals surface area (Å²) in [5, 5.41) is 4.18. The van der Waals surface area contributed by atoms with Gasteiger partial charge in [0.05, 0.1) is 12.8 Å². The zero-order chi connectivity index (χ0) is 16.6. The van der Waals surface area contributed by atoms with Crippen molar-refractivity contribution in [3.8, 4) is 11.4 Å². The van der Waals surface area contributed by atoms with E-state index >= 15 is 0 Å². The highest BCUT2D eigenvalue weighted by Gasteiger charge is 2.13. The maximum absolute atomic E-state index is 12.7. The molecule has 7 heteroatoms. The molecule has 3 rings (SSSR count). The van der Waals surface area contributed by atoms with Gasteiger partial charge in [0.1, 0.15) is 5.75 Å². The van der Waals surface area contributed by atoms with Gasteiger partial charge in [0.2, 0.25) is 5.65 Å². The normalized spacial score (nSPS) is 11.3. The molecule has 0 aliphatic rings. The molecular weight excluding hydrogens is 296 g/mol.